The second kappa shape index (κ2) is 8.52. The van der Waals surface area contributed by atoms with E-state index in [1.165, 1.54) is 0 Å². The van der Waals surface area contributed by atoms with Gasteiger partial charge in [0, 0.05) is 24.3 Å². The average Bonchev–Trinajstić information content (AvgIpc) is 2.66. The first-order valence-corrected chi connectivity index (χ1v) is 9.08. The molecule has 1 aliphatic heterocycles. The number of para-hydroxylation sites is 1. The Labute approximate surface area is 154 Å². The van der Waals surface area contributed by atoms with Crippen molar-refractivity contribution in [1.82, 2.24) is 0 Å². The van der Waals surface area contributed by atoms with Gasteiger partial charge in [-0.1, -0.05) is 31.5 Å². The zero-order valence-electron chi connectivity index (χ0n) is 15.0. The Balaban J connectivity index is 1.63. The summed E-state index contributed by atoms with van der Waals surface area (Å²) in [5.41, 5.74) is 2.80. The highest BCUT2D eigenvalue weighted by molar-refractivity contribution is 5.97. The zero-order valence-corrected chi connectivity index (χ0v) is 15.0. The molecular weight excluding hydrogens is 328 g/mol. The summed E-state index contributed by atoms with van der Waals surface area (Å²) in [6.45, 7) is 2.83. The fourth-order valence-electron chi connectivity index (χ4n) is 3.06. The molecule has 0 fully saturated rings. The molecule has 0 aliphatic carbocycles. The van der Waals surface area contributed by atoms with E-state index >= 15 is 0 Å². The largest absolute Gasteiger partial charge is 0.484 e. The van der Waals surface area contributed by atoms with E-state index in [2.05, 4.69) is 12.2 Å². The predicted octanol–water partition coefficient (Wildman–Crippen LogP) is 3.78. The molecule has 5 nitrogen and oxygen atoms in total. The minimum Gasteiger partial charge on any atom is -0.484 e. The Bertz CT molecular complexity index is 774. The van der Waals surface area contributed by atoms with Crippen molar-refractivity contribution in [1.29, 1.82) is 0 Å². The normalized spacial score (nSPS) is 13.3. The summed E-state index contributed by atoms with van der Waals surface area (Å²) in [4.78, 5) is 26.2. The molecule has 2 aromatic rings. The molecule has 0 saturated heterocycles. The van der Waals surface area contributed by atoms with Gasteiger partial charge in [-0.2, -0.15) is 0 Å². The number of ether oxygens (including phenoxy) is 1. The number of nitrogens with one attached hydrogen (secondary N) is 1. The molecule has 0 saturated carbocycles. The third-order valence-electron chi connectivity index (χ3n) is 4.41. The number of unbranched alkanes of at least 4 members (excludes halogenated alkanes) is 1. The van der Waals surface area contributed by atoms with E-state index in [1.54, 1.807) is 0 Å². The molecule has 0 atom stereocenters. The van der Waals surface area contributed by atoms with Crippen LogP contribution in [0.1, 0.15) is 31.7 Å². The minimum absolute atomic E-state index is 0.0395. The molecule has 0 unspecified atom stereocenters. The van der Waals surface area contributed by atoms with Crippen molar-refractivity contribution in [2.75, 3.05) is 23.4 Å². The van der Waals surface area contributed by atoms with Crippen LogP contribution in [-0.2, 0) is 16.0 Å². The summed E-state index contributed by atoms with van der Waals surface area (Å²) >= 11 is 0. The van der Waals surface area contributed by atoms with Gasteiger partial charge >= 0.3 is 0 Å². The summed E-state index contributed by atoms with van der Waals surface area (Å²) in [7, 11) is 0. The Morgan fingerprint density at radius 3 is 2.73 bits per heavy atom. The van der Waals surface area contributed by atoms with Crippen molar-refractivity contribution in [3.05, 3.63) is 54.1 Å². The number of amides is 2. The van der Waals surface area contributed by atoms with E-state index in [-0.39, 0.29) is 18.4 Å². The Kier molecular flexibility index (Phi) is 5.89. The topological polar surface area (TPSA) is 58.6 Å². The van der Waals surface area contributed by atoms with Crippen molar-refractivity contribution in [3.8, 4) is 5.75 Å². The smallest absolute Gasteiger partial charge is 0.262 e. The van der Waals surface area contributed by atoms with Crippen molar-refractivity contribution < 1.29 is 14.3 Å². The highest BCUT2D eigenvalue weighted by atomic mass is 16.5. The van der Waals surface area contributed by atoms with Gasteiger partial charge in [-0.05, 0) is 48.7 Å². The fraction of sp³-hybridized carbons (Fsp3) is 0.333. The summed E-state index contributed by atoms with van der Waals surface area (Å²) in [6, 6.07) is 15.0. The third kappa shape index (κ3) is 4.42. The molecule has 0 aromatic heterocycles. The van der Waals surface area contributed by atoms with Crippen molar-refractivity contribution >= 4 is 23.2 Å². The SMILES string of the molecule is CCCCN1C(=O)CCc2cc(NC(=O)COc3ccccc3)ccc21. The number of hydrogen-bond donors (Lipinski definition) is 1. The highest BCUT2D eigenvalue weighted by Gasteiger charge is 2.23. The van der Waals surface area contributed by atoms with Gasteiger partial charge in [-0.25, -0.2) is 0 Å². The standard InChI is InChI=1S/C21H24N2O3/c1-2-3-13-23-19-11-10-17(14-16(19)9-12-21(23)25)22-20(24)15-26-18-7-5-4-6-8-18/h4-8,10-11,14H,2-3,9,12-13,15H2,1H3,(H,22,24). The van der Waals surface area contributed by atoms with Gasteiger partial charge < -0.3 is 15.0 Å². The number of anilines is 2. The van der Waals surface area contributed by atoms with E-state index in [0.717, 1.165) is 36.3 Å². The fourth-order valence-corrected chi connectivity index (χ4v) is 3.06. The van der Waals surface area contributed by atoms with Crippen LogP contribution in [0.2, 0.25) is 0 Å². The van der Waals surface area contributed by atoms with Crippen LogP contribution in [0.15, 0.2) is 48.5 Å². The van der Waals surface area contributed by atoms with Crippen LogP contribution < -0.4 is 15.0 Å². The lowest BCUT2D eigenvalue weighted by Gasteiger charge is -2.29. The summed E-state index contributed by atoms with van der Waals surface area (Å²) in [6.07, 6.45) is 3.27. The molecule has 1 heterocycles. The monoisotopic (exact) mass is 352 g/mol. The summed E-state index contributed by atoms with van der Waals surface area (Å²) in [5, 5.41) is 2.86. The molecule has 1 aliphatic rings. The van der Waals surface area contributed by atoms with Crippen LogP contribution in [-0.4, -0.2) is 25.0 Å². The first kappa shape index (κ1) is 18.0. The number of hydrogen-bond acceptors (Lipinski definition) is 3. The molecule has 3 rings (SSSR count). The molecule has 0 radical (unpaired) electrons. The maximum absolute atomic E-state index is 12.2. The molecule has 5 heteroatoms. The predicted molar refractivity (Wildman–Crippen MR) is 103 cm³/mol. The van der Waals surface area contributed by atoms with E-state index < -0.39 is 0 Å². The van der Waals surface area contributed by atoms with Gasteiger partial charge in [0.15, 0.2) is 6.61 Å². The lowest BCUT2D eigenvalue weighted by molar-refractivity contribution is -0.119. The molecule has 0 spiro atoms. The number of nitrogens with zero attached hydrogens (tertiary/aromatic N) is 1. The molecule has 0 bridgehead atoms. The summed E-state index contributed by atoms with van der Waals surface area (Å²) < 4.78 is 5.46. The lowest BCUT2D eigenvalue weighted by atomic mass is 10.00. The number of fused-ring (bicyclic) bond motifs is 1. The van der Waals surface area contributed by atoms with E-state index in [0.29, 0.717) is 18.6 Å². The average molecular weight is 352 g/mol. The van der Waals surface area contributed by atoms with Crippen molar-refractivity contribution in [2.24, 2.45) is 0 Å². The number of carbonyl (C=O) groups excluding carboxylic acids is 2. The van der Waals surface area contributed by atoms with Crippen molar-refractivity contribution in [3.63, 3.8) is 0 Å². The highest BCUT2D eigenvalue weighted by Crippen LogP contribution is 2.30. The Morgan fingerprint density at radius 1 is 1.15 bits per heavy atom. The second-order valence-corrected chi connectivity index (χ2v) is 6.39. The first-order valence-electron chi connectivity index (χ1n) is 9.08. The van der Waals surface area contributed by atoms with Gasteiger partial charge in [0.1, 0.15) is 5.75 Å². The Morgan fingerprint density at radius 2 is 1.96 bits per heavy atom. The van der Waals surface area contributed by atoms with Crippen LogP contribution in [0.25, 0.3) is 0 Å². The zero-order chi connectivity index (χ0) is 18.4. The van der Waals surface area contributed by atoms with Gasteiger partial charge in [-0.15, -0.1) is 0 Å². The van der Waals surface area contributed by atoms with E-state index in [1.807, 2.05) is 53.4 Å². The number of benzene rings is 2. The first-order chi connectivity index (χ1) is 12.7. The van der Waals surface area contributed by atoms with Gasteiger partial charge in [0.05, 0.1) is 0 Å². The maximum atomic E-state index is 12.2. The maximum Gasteiger partial charge on any atom is 0.262 e. The van der Waals surface area contributed by atoms with Crippen LogP contribution in [0.5, 0.6) is 5.75 Å². The second-order valence-electron chi connectivity index (χ2n) is 6.39. The van der Waals surface area contributed by atoms with Gasteiger partial charge in [0.25, 0.3) is 5.91 Å². The van der Waals surface area contributed by atoms with Gasteiger partial charge in [-0.3, -0.25) is 9.59 Å². The van der Waals surface area contributed by atoms with Crippen LogP contribution >= 0.6 is 0 Å². The molecule has 2 aromatic carbocycles. The quantitative estimate of drug-likeness (QED) is 0.825. The summed E-state index contributed by atoms with van der Waals surface area (Å²) in [5.74, 6) is 0.640. The third-order valence-corrected chi connectivity index (χ3v) is 4.41. The van der Waals surface area contributed by atoms with E-state index in [9.17, 15) is 9.59 Å². The number of carbonyl (C=O) groups is 2. The molecular formula is C21H24N2O3. The van der Waals surface area contributed by atoms with E-state index in [4.69, 9.17) is 4.74 Å². The molecule has 26 heavy (non-hydrogen) atoms. The minimum atomic E-state index is -0.205. The number of aryl methyl sites for hydroxylation is 1. The molecule has 136 valence electrons. The van der Waals surface area contributed by atoms with Crippen LogP contribution in [0.4, 0.5) is 11.4 Å². The van der Waals surface area contributed by atoms with Crippen LogP contribution in [0.3, 0.4) is 0 Å². The molecule has 1 N–H and O–H groups in total. The number of rotatable bonds is 7. The lowest BCUT2D eigenvalue weighted by Crippen LogP contribution is -2.35. The van der Waals surface area contributed by atoms with Crippen molar-refractivity contribution in [2.45, 2.75) is 32.6 Å². The molecule has 2 amide bonds. The van der Waals surface area contributed by atoms with Gasteiger partial charge in [0.2, 0.25) is 5.91 Å². The Hall–Kier alpha value is -2.82. The van der Waals surface area contributed by atoms with Crippen LogP contribution in [0, 0.1) is 0 Å².